The van der Waals surface area contributed by atoms with Crippen LogP contribution in [0.4, 0.5) is 13.2 Å². The topological polar surface area (TPSA) is 250 Å². The van der Waals surface area contributed by atoms with Crippen molar-refractivity contribution in [3.05, 3.63) is 106 Å². The molecule has 2 heterocycles. The van der Waals surface area contributed by atoms with E-state index in [9.17, 15) is 51.5 Å². The van der Waals surface area contributed by atoms with Crippen LogP contribution >= 0.6 is 11.6 Å². The number of hydrogen-bond acceptors (Lipinski definition) is 11. The normalized spacial score (nSPS) is 24.7. The fourth-order valence-electron chi connectivity index (χ4n) is 11.7. The van der Waals surface area contributed by atoms with Crippen LogP contribution in [0.15, 0.2) is 78.9 Å². The number of rotatable bonds is 12. The summed E-state index contributed by atoms with van der Waals surface area (Å²) >= 11 is 6.24. The van der Waals surface area contributed by atoms with Gasteiger partial charge >= 0.3 is 6.18 Å². The van der Waals surface area contributed by atoms with Gasteiger partial charge < -0.3 is 55.1 Å². The molecule has 11 amide bonds. The fraction of sp³-hybridized carbons (Fsp3) is 0.574. The molecule has 10 atom stereocenters. The Morgan fingerprint density at radius 2 is 1.10 bits per heavy atom. The molecule has 2 saturated heterocycles. The van der Waals surface area contributed by atoms with Crippen LogP contribution in [0.5, 0.6) is 0 Å². The van der Waals surface area contributed by atoms with E-state index in [0.29, 0.717) is 28.1 Å². The van der Waals surface area contributed by atoms with E-state index >= 15 is 14.4 Å². The first-order valence-electron chi connectivity index (χ1n) is 31.9. The lowest BCUT2D eigenvalue weighted by Gasteiger charge is -2.43. The minimum atomic E-state index is -4.64. The molecule has 2 aliphatic rings. The summed E-state index contributed by atoms with van der Waals surface area (Å²) < 4.78 is 41.1. The van der Waals surface area contributed by atoms with Crippen LogP contribution in [0.3, 0.4) is 0 Å². The summed E-state index contributed by atoms with van der Waals surface area (Å²) in [4.78, 5) is 170. The Morgan fingerprint density at radius 3 is 1.64 bits per heavy atom. The summed E-state index contributed by atoms with van der Waals surface area (Å²) in [5.41, 5.74) is 0.699. The van der Waals surface area contributed by atoms with Gasteiger partial charge in [-0.1, -0.05) is 114 Å². The number of alkyl halides is 3. The summed E-state index contributed by atoms with van der Waals surface area (Å²) in [7, 11) is 9.74. The smallest absolute Gasteiger partial charge is 0.351 e. The number of amides is 11. The Morgan fingerprint density at radius 1 is 0.564 bits per heavy atom. The van der Waals surface area contributed by atoms with Gasteiger partial charge in [-0.25, -0.2) is 0 Å². The van der Waals surface area contributed by atoms with E-state index in [4.69, 9.17) is 11.6 Å². The number of fused-ring (bicyclic) bond motifs is 1. The maximum Gasteiger partial charge on any atom is 0.416 e. The number of carbonyl (C=O) groups excluding carboxylic acids is 11. The number of hydrogen-bond donors (Lipinski definition) is 3. The third-order valence-corrected chi connectivity index (χ3v) is 18.3. The van der Waals surface area contributed by atoms with Crippen molar-refractivity contribution in [1.29, 1.82) is 0 Å². The van der Waals surface area contributed by atoms with E-state index in [0.717, 1.165) is 21.9 Å². The molecule has 2 aliphatic heterocycles. The highest BCUT2D eigenvalue weighted by Crippen LogP contribution is 2.30. The third kappa shape index (κ3) is 20.0. The number of carbonyl (C=O) groups is 11. The van der Waals surface area contributed by atoms with Crippen molar-refractivity contribution < 1.29 is 65.9 Å². The van der Waals surface area contributed by atoms with Crippen LogP contribution in [0.2, 0.25) is 5.02 Å². The quantitative estimate of drug-likeness (QED) is 0.216. The van der Waals surface area contributed by atoms with Crippen LogP contribution in [0.25, 0.3) is 0 Å². The number of likely N-dealkylation sites (N-methyl/N-ethyl adjacent to an activating group) is 7. The second-order valence-electron chi connectivity index (χ2n) is 26.0. The van der Waals surface area contributed by atoms with E-state index in [2.05, 4.69) is 16.0 Å². The first-order valence-corrected chi connectivity index (χ1v) is 32.3. The van der Waals surface area contributed by atoms with Crippen molar-refractivity contribution >= 4 is 76.6 Å². The first-order chi connectivity index (χ1) is 44.0. The molecule has 0 radical (unpaired) electrons. The number of halogens is 4. The second kappa shape index (κ2) is 33.8. The molecule has 94 heavy (non-hydrogen) atoms. The molecule has 0 aromatic heterocycles. The minimum absolute atomic E-state index is 0.0416. The number of benzene rings is 3. The maximum absolute atomic E-state index is 15.4. The van der Waals surface area contributed by atoms with E-state index < -0.39 is 156 Å². The molecule has 516 valence electrons. The molecule has 0 aliphatic carbocycles. The molecule has 0 bridgehead atoms. The van der Waals surface area contributed by atoms with Gasteiger partial charge in [-0.15, -0.1) is 0 Å². The largest absolute Gasteiger partial charge is 0.416 e. The first kappa shape index (κ1) is 76.6. The Labute approximate surface area is 555 Å². The third-order valence-electron chi connectivity index (χ3n) is 18.0. The predicted octanol–water partition coefficient (Wildman–Crippen LogP) is 5.08. The molecule has 26 heteroatoms. The molecule has 3 N–H and O–H groups in total. The molecule has 5 rings (SSSR count). The lowest BCUT2D eigenvalue weighted by Crippen LogP contribution is -2.63. The molecule has 0 saturated carbocycles. The average Bonchev–Trinajstić information content (AvgIpc) is 0.798. The van der Waals surface area contributed by atoms with Gasteiger partial charge in [0.1, 0.15) is 48.3 Å². The van der Waals surface area contributed by atoms with Crippen molar-refractivity contribution in [2.24, 2.45) is 17.8 Å². The van der Waals surface area contributed by atoms with Gasteiger partial charge in [0.2, 0.25) is 65.0 Å². The zero-order valence-electron chi connectivity index (χ0n) is 56.8. The van der Waals surface area contributed by atoms with Crippen molar-refractivity contribution in [3.63, 3.8) is 0 Å². The van der Waals surface area contributed by atoms with Crippen LogP contribution in [-0.4, -0.2) is 228 Å². The summed E-state index contributed by atoms with van der Waals surface area (Å²) in [5.74, 6) is -8.61. The summed E-state index contributed by atoms with van der Waals surface area (Å²) in [6.45, 7) is 12.7. The van der Waals surface area contributed by atoms with E-state index in [1.54, 1.807) is 82.3 Å². The SMILES string of the molecule is CC[C@H](C)[C@@H]1NC(=O)[C@H](C)N(C)C(=O)C[C@@H](C)NC(=O)[C@H](C(C)C)N(C)C(=O)[C@H](Cc2ccccc2)N(C)C(=O)[C@H](CC(C)C)N(C)C(=O)[C@H](CCc2ccc(C(F)(F)F)cc2)NC(=O)CN(C)C(=O)[C@H](Cc2ccc(Cl)cc2)N(C)C(=O)[C@@H]2CCN2C(=O)CN(C)C1=O. The molecule has 3 aromatic rings. The molecule has 0 unspecified atom stereocenters. The van der Waals surface area contributed by atoms with Gasteiger partial charge in [0.15, 0.2) is 0 Å². The Hall–Kier alpha value is -8.09. The molecule has 2 fully saturated rings. The van der Waals surface area contributed by atoms with Crippen molar-refractivity contribution in [3.8, 4) is 0 Å². The van der Waals surface area contributed by atoms with E-state index in [1.807, 2.05) is 20.8 Å². The standard InChI is InChI=1S/C68H95ClF3N11O11/c1-16-42(6)58-67(94)77(10)39-57(86)83-33-32-51(83)64(91)80(13)53(37-47-24-29-49(69)30-25-47)63(90)76(9)38-55(84)74-50(31-26-45-22-27-48(28-23-45)68(70,71)72)62(89)79(12)52(34-40(2)3)65(92)81(14)54(36-46-20-18-17-19-21-46)66(93)82(15)59(41(4)5)61(88)73-43(7)35-56(85)78(11)44(8)60(87)75-58/h17-25,27-30,40-44,50-54,58-59H,16,26,31-39H2,1-15H3,(H,73,88)(H,74,84)(H,75,87)/t42-,43+,44-,50-,51-,52-,53-,54-,58-,59-/m0/s1. The molecule has 0 spiro atoms. The summed E-state index contributed by atoms with van der Waals surface area (Å²) in [5, 5.41) is 8.78. The summed E-state index contributed by atoms with van der Waals surface area (Å²) in [6, 6.07) is 8.94. The Kier molecular flexibility index (Phi) is 27.6. The van der Waals surface area contributed by atoms with Crippen molar-refractivity contribution in [2.45, 2.75) is 167 Å². The molecular formula is C68H95ClF3N11O11. The summed E-state index contributed by atoms with van der Waals surface area (Å²) in [6.07, 6.45) is -4.64. The van der Waals surface area contributed by atoms with Crippen LogP contribution in [0, 0.1) is 17.8 Å². The fourth-order valence-corrected chi connectivity index (χ4v) is 11.8. The highest BCUT2D eigenvalue weighted by molar-refractivity contribution is 6.30. The monoisotopic (exact) mass is 1330 g/mol. The van der Waals surface area contributed by atoms with E-state index in [1.165, 1.54) is 97.8 Å². The number of nitrogens with one attached hydrogen (secondary N) is 3. The Bertz CT molecular complexity index is 3180. The van der Waals surface area contributed by atoms with Crippen molar-refractivity contribution in [2.75, 3.05) is 69.0 Å². The molecule has 22 nitrogen and oxygen atoms in total. The zero-order chi connectivity index (χ0) is 70.4. The second-order valence-corrected chi connectivity index (χ2v) is 26.4. The van der Waals surface area contributed by atoms with Gasteiger partial charge in [-0.05, 0) is 98.2 Å². The van der Waals surface area contributed by atoms with Gasteiger partial charge in [0, 0.05) is 86.2 Å². The van der Waals surface area contributed by atoms with E-state index in [-0.39, 0.29) is 57.4 Å². The van der Waals surface area contributed by atoms with Crippen LogP contribution < -0.4 is 16.0 Å². The van der Waals surface area contributed by atoms with Gasteiger partial charge in [-0.2, -0.15) is 13.2 Å². The zero-order valence-corrected chi connectivity index (χ0v) is 57.5. The van der Waals surface area contributed by atoms with Crippen LogP contribution in [-0.2, 0) is 78.2 Å². The van der Waals surface area contributed by atoms with Gasteiger partial charge in [0.25, 0.3) is 0 Å². The van der Waals surface area contributed by atoms with Crippen LogP contribution in [0.1, 0.15) is 110 Å². The Balaban J connectivity index is 1.61. The molecular weight excluding hydrogens is 1240 g/mol. The maximum atomic E-state index is 15.4. The van der Waals surface area contributed by atoms with Crippen molar-refractivity contribution in [1.82, 2.24) is 55.1 Å². The lowest BCUT2D eigenvalue weighted by atomic mass is 9.96. The predicted molar refractivity (Wildman–Crippen MR) is 349 cm³/mol. The number of nitrogens with zero attached hydrogens (tertiary/aromatic N) is 8. The molecule has 3 aromatic carbocycles. The lowest BCUT2D eigenvalue weighted by molar-refractivity contribution is -0.157. The van der Waals surface area contributed by atoms with Gasteiger partial charge in [-0.3, -0.25) is 52.7 Å². The van der Waals surface area contributed by atoms with Gasteiger partial charge in [0.05, 0.1) is 18.7 Å². The number of aryl methyl sites for hydroxylation is 1. The highest BCUT2D eigenvalue weighted by atomic mass is 35.5. The minimum Gasteiger partial charge on any atom is -0.351 e. The highest BCUT2D eigenvalue weighted by Gasteiger charge is 2.45. The average molecular weight is 1340 g/mol.